The number of anilines is 1. The number of benzene rings is 1. The highest BCUT2D eigenvalue weighted by Crippen LogP contribution is 2.34. The second kappa shape index (κ2) is 6.52. The summed E-state index contributed by atoms with van der Waals surface area (Å²) in [5.74, 6) is 0.338. The van der Waals surface area contributed by atoms with Crippen molar-refractivity contribution in [3.8, 4) is 0 Å². The summed E-state index contributed by atoms with van der Waals surface area (Å²) >= 11 is 6.07. The van der Waals surface area contributed by atoms with Crippen molar-refractivity contribution in [1.29, 1.82) is 0 Å². The van der Waals surface area contributed by atoms with Crippen molar-refractivity contribution < 1.29 is 4.79 Å². The van der Waals surface area contributed by atoms with Crippen LogP contribution in [0.4, 0.5) is 10.5 Å². The monoisotopic (exact) mass is 345 g/mol. The fraction of sp³-hybridized carbons (Fsp3) is 0.421. The number of aromatic nitrogens is 1. The maximum absolute atomic E-state index is 12.9. The van der Waals surface area contributed by atoms with Gasteiger partial charge in [0.25, 0.3) is 0 Å². The Balaban J connectivity index is 1.88. The van der Waals surface area contributed by atoms with E-state index in [0.29, 0.717) is 17.5 Å². The zero-order valence-electron chi connectivity index (χ0n) is 14.6. The lowest BCUT2D eigenvalue weighted by atomic mass is 9.97. The van der Waals surface area contributed by atoms with E-state index in [2.05, 4.69) is 42.8 Å². The molecule has 4 nitrogen and oxygen atoms in total. The molecule has 1 N–H and O–H groups in total. The number of hydrogen-bond donors (Lipinski definition) is 1. The highest BCUT2D eigenvalue weighted by Gasteiger charge is 2.33. The molecule has 2 aromatic rings. The van der Waals surface area contributed by atoms with Crippen LogP contribution < -0.4 is 5.32 Å². The van der Waals surface area contributed by atoms with Crippen LogP contribution in [0, 0.1) is 19.8 Å². The number of carbonyl (C=O) groups is 1. The minimum Gasteiger partial charge on any atom is -0.345 e. The van der Waals surface area contributed by atoms with Gasteiger partial charge in [0.05, 0.1) is 6.04 Å². The first-order valence-corrected chi connectivity index (χ1v) is 8.76. The van der Waals surface area contributed by atoms with Gasteiger partial charge in [-0.05, 0) is 49.6 Å². The maximum atomic E-state index is 12.9. The number of nitrogens with zero attached hydrogens (tertiary/aromatic N) is 2. The number of nitrogens with one attached hydrogen (secondary N) is 1. The van der Waals surface area contributed by atoms with Crippen molar-refractivity contribution >= 4 is 23.3 Å². The molecule has 0 unspecified atom stereocenters. The zero-order chi connectivity index (χ0) is 17.4. The molecular weight excluding hydrogens is 322 g/mol. The largest absolute Gasteiger partial charge is 0.345 e. The predicted octanol–water partition coefficient (Wildman–Crippen LogP) is 5.00. The lowest BCUT2D eigenvalue weighted by Gasteiger charge is -2.39. The molecule has 0 fully saturated rings. The predicted molar refractivity (Wildman–Crippen MR) is 98.7 cm³/mol. The van der Waals surface area contributed by atoms with Crippen LogP contribution in [0.2, 0.25) is 5.02 Å². The molecule has 5 heteroatoms. The van der Waals surface area contributed by atoms with Crippen LogP contribution in [-0.4, -0.2) is 22.0 Å². The fourth-order valence-corrected chi connectivity index (χ4v) is 3.68. The SMILES string of the molecule is Cc1ccc(Cl)cc1NC(=O)N1CCn2c(C)ccc2[C@H]1C(C)C. The third-order valence-electron chi connectivity index (χ3n) is 4.77. The molecule has 0 saturated heterocycles. The van der Waals surface area contributed by atoms with Crippen molar-refractivity contribution in [3.63, 3.8) is 0 Å². The minimum absolute atomic E-state index is 0.0656. The van der Waals surface area contributed by atoms with E-state index in [-0.39, 0.29) is 12.1 Å². The molecule has 0 radical (unpaired) electrons. The number of amides is 2. The number of halogens is 1. The Kier molecular flexibility index (Phi) is 4.59. The van der Waals surface area contributed by atoms with Crippen LogP contribution in [0.25, 0.3) is 0 Å². The average molecular weight is 346 g/mol. The molecule has 1 aromatic heterocycles. The zero-order valence-corrected chi connectivity index (χ0v) is 15.4. The van der Waals surface area contributed by atoms with Gasteiger partial charge in [-0.3, -0.25) is 0 Å². The third kappa shape index (κ3) is 3.03. The van der Waals surface area contributed by atoms with Crippen molar-refractivity contribution in [2.24, 2.45) is 5.92 Å². The summed E-state index contributed by atoms with van der Waals surface area (Å²) < 4.78 is 2.32. The Morgan fingerprint density at radius 1 is 1.21 bits per heavy atom. The molecule has 2 heterocycles. The first kappa shape index (κ1) is 16.9. The molecule has 2 amide bonds. The number of carbonyl (C=O) groups excluding carboxylic acids is 1. The van der Waals surface area contributed by atoms with Gasteiger partial charge >= 0.3 is 6.03 Å². The van der Waals surface area contributed by atoms with Crippen LogP contribution in [0.1, 0.15) is 36.8 Å². The summed E-state index contributed by atoms with van der Waals surface area (Å²) in [6.45, 7) is 9.94. The number of fused-ring (bicyclic) bond motifs is 1. The van der Waals surface area contributed by atoms with E-state index in [0.717, 1.165) is 17.8 Å². The van der Waals surface area contributed by atoms with Crippen LogP contribution >= 0.6 is 11.6 Å². The van der Waals surface area contributed by atoms with E-state index >= 15 is 0 Å². The normalized spacial score (nSPS) is 17.1. The summed E-state index contributed by atoms with van der Waals surface area (Å²) in [4.78, 5) is 14.9. The van der Waals surface area contributed by atoms with Gasteiger partial charge in [-0.15, -0.1) is 0 Å². The van der Waals surface area contributed by atoms with Crippen molar-refractivity contribution in [2.45, 2.75) is 40.3 Å². The molecular formula is C19H24ClN3O. The average Bonchev–Trinajstić information content (AvgIpc) is 2.91. The molecule has 0 saturated carbocycles. The smallest absolute Gasteiger partial charge is 0.322 e. The lowest BCUT2D eigenvalue weighted by Crippen LogP contribution is -2.46. The molecule has 1 aliphatic rings. The van der Waals surface area contributed by atoms with Gasteiger partial charge in [0, 0.05) is 35.2 Å². The van der Waals surface area contributed by atoms with Crippen molar-refractivity contribution in [3.05, 3.63) is 52.3 Å². The van der Waals surface area contributed by atoms with E-state index in [4.69, 9.17) is 11.6 Å². The van der Waals surface area contributed by atoms with Gasteiger partial charge in [0.15, 0.2) is 0 Å². The Labute approximate surface area is 148 Å². The highest BCUT2D eigenvalue weighted by atomic mass is 35.5. The summed E-state index contributed by atoms with van der Waals surface area (Å²) in [5, 5.41) is 3.66. The topological polar surface area (TPSA) is 37.3 Å². The van der Waals surface area contributed by atoms with Crippen LogP contribution in [0.15, 0.2) is 30.3 Å². The molecule has 0 bridgehead atoms. The van der Waals surface area contributed by atoms with E-state index in [1.807, 2.05) is 24.0 Å². The van der Waals surface area contributed by atoms with Gasteiger partial charge in [-0.1, -0.05) is 31.5 Å². The quantitative estimate of drug-likeness (QED) is 0.816. The first-order chi connectivity index (χ1) is 11.4. The Morgan fingerprint density at radius 3 is 2.67 bits per heavy atom. The summed E-state index contributed by atoms with van der Waals surface area (Å²) in [5.41, 5.74) is 4.24. The maximum Gasteiger partial charge on any atom is 0.322 e. The second-order valence-corrected chi connectivity index (χ2v) is 7.26. The molecule has 128 valence electrons. The third-order valence-corrected chi connectivity index (χ3v) is 5.00. The summed E-state index contributed by atoms with van der Waals surface area (Å²) in [6, 6.07) is 9.84. The molecule has 1 atom stereocenters. The Hall–Kier alpha value is -1.94. The molecule has 0 aliphatic carbocycles. The fourth-order valence-electron chi connectivity index (χ4n) is 3.50. The van der Waals surface area contributed by atoms with Gasteiger partial charge in [-0.25, -0.2) is 4.79 Å². The number of urea groups is 1. The standard InChI is InChI=1S/C19H24ClN3O/c1-12(2)18-17-8-6-14(4)22(17)9-10-23(18)19(24)21-16-11-15(20)7-5-13(16)3/h5-8,11-12,18H,9-10H2,1-4H3,(H,21,24)/t18-/m1/s1. The van der Waals surface area contributed by atoms with E-state index in [1.54, 1.807) is 6.07 Å². The van der Waals surface area contributed by atoms with Gasteiger partial charge < -0.3 is 14.8 Å². The van der Waals surface area contributed by atoms with Gasteiger partial charge in [-0.2, -0.15) is 0 Å². The first-order valence-electron chi connectivity index (χ1n) is 8.38. The van der Waals surface area contributed by atoms with E-state index < -0.39 is 0 Å². The molecule has 3 rings (SSSR count). The number of rotatable bonds is 2. The van der Waals surface area contributed by atoms with Crippen LogP contribution in [0.3, 0.4) is 0 Å². The summed E-state index contributed by atoms with van der Waals surface area (Å²) in [6.07, 6.45) is 0. The van der Waals surface area contributed by atoms with Crippen LogP contribution in [-0.2, 0) is 6.54 Å². The van der Waals surface area contributed by atoms with Crippen molar-refractivity contribution in [2.75, 3.05) is 11.9 Å². The number of aryl methyl sites for hydroxylation is 2. The van der Waals surface area contributed by atoms with Crippen molar-refractivity contribution in [1.82, 2.24) is 9.47 Å². The number of hydrogen-bond acceptors (Lipinski definition) is 1. The summed E-state index contributed by atoms with van der Waals surface area (Å²) in [7, 11) is 0. The lowest BCUT2D eigenvalue weighted by molar-refractivity contribution is 0.143. The molecule has 24 heavy (non-hydrogen) atoms. The van der Waals surface area contributed by atoms with E-state index in [9.17, 15) is 4.79 Å². The highest BCUT2D eigenvalue weighted by molar-refractivity contribution is 6.31. The second-order valence-electron chi connectivity index (χ2n) is 6.82. The van der Waals surface area contributed by atoms with Crippen LogP contribution in [0.5, 0.6) is 0 Å². The Bertz CT molecular complexity index is 766. The Morgan fingerprint density at radius 2 is 1.96 bits per heavy atom. The molecule has 0 spiro atoms. The molecule has 1 aromatic carbocycles. The van der Waals surface area contributed by atoms with Gasteiger partial charge in [0.2, 0.25) is 0 Å². The molecule has 1 aliphatic heterocycles. The minimum atomic E-state index is -0.0656. The van der Waals surface area contributed by atoms with E-state index in [1.165, 1.54) is 11.4 Å². The van der Waals surface area contributed by atoms with Gasteiger partial charge in [0.1, 0.15) is 0 Å².